The van der Waals surface area contributed by atoms with E-state index in [1.165, 1.54) is 19.3 Å². The standard InChI is InChI=1S/C19H21NO4/c1-13-3-7-15(8-4-13)17(22)12-20-19(23)10-6-14-5-9-16(21)18(11-14)24-2/h3-11,17,21-22H,12H2,1-2H3,(H,20,23)/b10-6+. The van der Waals surface area contributed by atoms with Crippen molar-refractivity contribution in [2.75, 3.05) is 13.7 Å². The van der Waals surface area contributed by atoms with Crippen LogP contribution in [0.15, 0.2) is 48.5 Å². The zero-order valence-corrected chi connectivity index (χ0v) is 13.7. The number of hydrogen-bond acceptors (Lipinski definition) is 4. The molecular weight excluding hydrogens is 306 g/mol. The molecule has 1 amide bonds. The molecule has 24 heavy (non-hydrogen) atoms. The minimum atomic E-state index is -0.753. The van der Waals surface area contributed by atoms with Crippen molar-refractivity contribution in [1.82, 2.24) is 5.32 Å². The fraction of sp³-hybridized carbons (Fsp3) is 0.211. The highest BCUT2D eigenvalue weighted by molar-refractivity contribution is 5.91. The van der Waals surface area contributed by atoms with Gasteiger partial charge in [-0.2, -0.15) is 0 Å². The van der Waals surface area contributed by atoms with Crippen molar-refractivity contribution in [2.45, 2.75) is 13.0 Å². The predicted molar refractivity (Wildman–Crippen MR) is 92.8 cm³/mol. The van der Waals surface area contributed by atoms with Crippen LogP contribution in [0.2, 0.25) is 0 Å². The molecule has 1 atom stereocenters. The van der Waals surface area contributed by atoms with Gasteiger partial charge in [-0.05, 0) is 36.3 Å². The van der Waals surface area contributed by atoms with Crippen LogP contribution in [0.25, 0.3) is 6.08 Å². The van der Waals surface area contributed by atoms with Gasteiger partial charge in [0.1, 0.15) is 0 Å². The van der Waals surface area contributed by atoms with Crippen LogP contribution in [-0.4, -0.2) is 29.8 Å². The summed E-state index contributed by atoms with van der Waals surface area (Å²) in [7, 11) is 1.46. The number of phenols is 1. The van der Waals surface area contributed by atoms with Gasteiger partial charge >= 0.3 is 0 Å². The Morgan fingerprint density at radius 1 is 1.25 bits per heavy atom. The number of aliphatic hydroxyl groups excluding tert-OH is 1. The zero-order chi connectivity index (χ0) is 17.5. The predicted octanol–water partition coefficient (Wildman–Crippen LogP) is 2.57. The van der Waals surface area contributed by atoms with Crippen molar-refractivity contribution in [3.63, 3.8) is 0 Å². The molecule has 5 heteroatoms. The number of aliphatic hydroxyl groups is 1. The Balaban J connectivity index is 1.89. The SMILES string of the molecule is COc1cc(/C=C/C(=O)NCC(O)c2ccc(C)cc2)ccc1O. The third kappa shape index (κ3) is 4.86. The fourth-order valence-corrected chi connectivity index (χ4v) is 2.13. The van der Waals surface area contributed by atoms with E-state index in [2.05, 4.69) is 5.32 Å². The molecule has 0 aliphatic carbocycles. The lowest BCUT2D eigenvalue weighted by atomic mass is 10.1. The second kappa shape index (κ2) is 8.17. The molecule has 0 saturated carbocycles. The summed E-state index contributed by atoms with van der Waals surface area (Å²) in [6.07, 6.45) is 2.22. The van der Waals surface area contributed by atoms with Gasteiger partial charge in [0.25, 0.3) is 0 Å². The molecule has 0 spiro atoms. The topological polar surface area (TPSA) is 78.8 Å². The average molecular weight is 327 g/mol. The zero-order valence-electron chi connectivity index (χ0n) is 13.7. The number of rotatable bonds is 6. The Bertz CT molecular complexity index is 723. The normalized spacial score (nSPS) is 12.1. The Morgan fingerprint density at radius 3 is 2.62 bits per heavy atom. The number of hydrogen-bond donors (Lipinski definition) is 3. The first kappa shape index (κ1) is 17.6. The Morgan fingerprint density at radius 2 is 1.96 bits per heavy atom. The lowest BCUT2D eigenvalue weighted by Gasteiger charge is -2.11. The van der Waals surface area contributed by atoms with Crippen molar-refractivity contribution in [2.24, 2.45) is 0 Å². The van der Waals surface area contributed by atoms with E-state index in [1.807, 2.05) is 31.2 Å². The summed E-state index contributed by atoms with van der Waals surface area (Å²) in [6.45, 7) is 2.10. The van der Waals surface area contributed by atoms with Crippen LogP contribution in [0, 0.1) is 6.92 Å². The smallest absolute Gasteiger partial charge is 0.244 e. The van der Waals surface area contributed by atoms with Gasteiger partial charge in [0, 0.05) is 12.6 Å². The maximum atomic E-state index is 11.8. The molecule has 0 fully saturated rings. The van der Waals surface area contributed by atoms with E-state index in [0.29, 0.717) is 5.75 Å². The van der Waals surface area contributed by atoms with E-state index in [9.17, 15) is 15.0 Å². The second-order valence-corrected chi connectivity index (χ2v) is 5.44. The molecule has 0 aliphatic rings. The first-order chi connectivity index (χ1) is 11.5. The van der Waals surface area contributed by atoms with Crippen LogP contribution in [0.1, 0.15) is 22.8 Å². The second-order valence-electron chi connectivity index (χ2n) is 5.44. The van der Waals surface area contributed by atoms with Crippen LogP contribution >= 0.6 is 0 Å². The highest BCUT2D eigenvalue weighted by Gasteiger charge is 2.08. The van der Waals surface area contributed by atoms with Crippen molar-refractivity contribution in [1.29, 1.82) is 0 Å². The number of nitrogens with one attached hydrogen (secondary N) is 1. The Kier molecular flexibility index (Phi) is 5.98. The number of carbonyl (C=O) groups is 1. The average Bonchev–Trinajstić information content (AvgIpc) is 2.59. The van der Waals surface area contributed by atoms with Crippen LogP contribution in [0.4, 0.5) is 0 Å². The highest BCUT2D eigenvalue weighted by atomic mass is 16.5. The van der Waals surface area contributed by atoms with E-state index < -0.39 is 6.10 Å². The number of methoxy groups -OCH3 is 1. The van der Waals surface area contributed by atoms with Crippen molar-refractivity contribution < 1.29 is 19.7 Å². The number of aryl methyl sites for hydroxylation is 1. The molecule has 0 bridgehead atoms. The van der Waals surface area contributed by atoms with Gasteiger partial charge in [-0.1, -0.05) is 35.9 Å². The molecule has 5 nitrogen and oxygen atoms in total. The fourth-order valence-electron chi connectivity index (χ4n) is 2.13. The molecule has 1 unspecified atom stereocenters. The van der Waals surface area contributed by atoms with Crippen LogP contribution < -0.4 is 10.1 Å². The van der Waals surface area contributed by atoms with Crippen molar-refractivity contribution in [3.05, 3.63) is 65.2 Å². The largest absolute Gasteiger partial charge is 0.504 e. The summed E-state index contributed by atoms with van der Waals surface area (Å²) in [4.78, 5) is 11.8. The van der Waals surface area contributed by atoms with Gasteiger partial charge in [0.2, 0.25) is 5.91 Å². The number of phenolic OH excluding ortho intramolecular Hbond substituents is 1. The van der Waals surface area contributed by atoms with E-state index in [-0.39, 0.29) is 18.2 Å². The van der Waals surface area contributed by atoms with Gasteiger partial charge in [0.15, 0.2) is 11.5 Å². The molecule has 3 N–H and O–H groups in total. The van der Waals surface area contributed by atoms with Gasteiger partial charge in [-0.15, -0.1) is 0 Å². The minimum Gasteiger partial charge on any atom is -0.504 e. The van der Waals surface area contributed by atoms with Gasteiger partial charge in [0.05, 0.1) is 13.2 Å². The Labute approximate surface area is 141 Å². The van der Waals surface area contributed by atoms with Crippen LogP contribution in [-0.2, 0) is 4.79 Å². The monoisotopic (exact) mass is 327 g/mol. The minimum absolute atomic E-state index is 0.0420. The summed E-state index contributed by atoms with van der Waals surface area (Å²) in [5, 5.41) is 22.2. The van der Waals surface area contributed by atoms with E-state index >= 15 is 0 Å². The number of amides is 1. The molecule has 0 radical (unpaired) electrons. The Hall–Kier alpha value is -2.79. The molecule has 2 aromatic carbocycles. The van der Waals surface area contributed by atoms with Gasteiger partial charge in [-0.3, -0.25) is 4.79 Å². The number of ether oxygens (including phenoxy) is 1. The molecule has 0 aromatic heterocycles. The molecule has 0 saturated heterocycles. The number of aromatic hydroxyl groups is 1. The first-order valence-corrected chi connectivity index (χ1v) is 7.57. The van der Waals surface area contributed by atoms with E-state index in [1.54, 1.807) is 18.2 Å². The van der Waals surface area contributed by atoms with Gasteiger partial charge < -0.3 is 20.3 Å². The molecule has 126 valence electrons. The summed E-state index contributed by atoms with van der Waals surface area (Å²) >= 11 is 0. The molecule has 2 aromatic rings. The van der Waals surface area contributed by atoms with Crippen LogP contribution in [0.5, 0.6) is 11.5 Å². The summed E-state index contributed by atoms with van der Waals surface area (Å²) in [5.74, 6) is 0.0703. The van der Waals surface area contributed by atoms with E-state index in [0.717, 1.165) is 16.7 Å². The molecule has 0 heterocycles. The van der Waals surface area contributed by atoms with E-state index in [4.69, 9.17) is 4.74 Å². The third-order valence-electron chi connectivity index (χ3n) is 3.56. The maximum absolute atomic E-state index is 11.8. The molecule has 2 rings (SSSR count). The van der Waals surface area contributed by atoms with Crippen molar-refractivity contribution in [3.8, 4) is 11.5 Å². The highest BCUT2D eigenvalue weighted by Crippen LogP contribution is 2.26. The lowest BCUT2D eigenvalue weighted by molar-refractivity contribution is -0.116. The number of benzene rings is 2. The summed E-state index contributed by atoms with van der Waals surface area (Å²) in [6, 6.07) is 12.3. The molecular formula is C19H21NO4. The summed E-state index contributed by atoms with van der Waals surface area (Å²) < 4.78 is 5.01. The maximum Gasteiger partial charge on any atom is 0.244 e. The first-order valence-electron chi connectivity index (χ1n) is 7.57. The lowest BCUT2D eigenvalue weighted by Crippen LogP contribution is -2.26. The number of carbonyl (C=O) groups excluding carboxylic acids is 1. The third-order valence-corrected chi connectivity index (χ3v) is 3.56. The quantitative estimate of drug-likeness (QED) is 0.713. The van der Waals surface area contributed by atoms with Crippen molar-refractivity contribution >= 4 is 12.0 Å². The molecule has 0 aliphatic heterocycles. The summed E-state index contributed by atoms with van der Waals surface area (Å²) in [5.41, 5.74) is 2.59. The van der Waals surface area contributed by atoms with Crippen LogP contribution in [0.3, 0.4) is 0 Å². The van der Waals surface area contributed by atoms with Gasteiger partial charge in [-0.25, -0.2) is 0 Å².